The van der Waals surface area contributed by atoms with Gasteiger partial charge in [0.1, 0.15) is 10.6 Å². The summed E-state index contributed by atoms with van der Waals surface area (Å²) in [6.07, 6.45) is 1.00. The molecule has 0 bridgehead atoms. The van der Waals surface area contributed by atoms with Gasteiger partial charge in [-0.15, -0.1) is 22.7 Å². The highest BCUT2D eigenvalue weighted by atomic mass is 32.1. The third kappa shape index (κ3) is 3.16. The third-order valence-corrected chi connectivity index (χ3v) is 5.06. The number of nitrogens with one attached hydrogen (secondary N) is 2. The van der Waals surface area contributed by atoms with E-state index in [-0.39, 0.29) is 0 Å². The Morgan fingerprint density at radius 1 is 1.24 bits per heavy atom. The maximum Gasteiger partial charge on any atom is 0.225 e. The zero-order chi connectivity index (χ0) is 14.8. The molecule has 0 spiro atoms. The molecule has 0 saturated carbocycles. The Balaban J connectivity index is 1.81. The lowest BCUT2D eigenvalue weighted by Gasteiger charge is -2.15. The molecule has 6 heteroatoms. The predicted molar refractivity (Wildman–Crippen MR) is 92.8 cm³/mol. The van der Waals surface area contributed by atoms with E-state index in [1.165, 1.54) is 9.75 Å². The van der Waals surface area contributed by atoms with Crippen LogP contribution >= 0.6 is 22.7 Å². The van der Waals surface area contributed by atoms with Gasteiger partial charge in [-0.2, -0.15) is 4.98 Å². The van der Waals surface area contributed by atoms with Gasteiger partial charge < -0.3 is 10.6 Å². The number of thiophene rings is 2. The first-order valence-electron chi connectivity index (χ1n) is 6.90. The first-order valence-corrected chi connectivity index (χ1v) is 8.60. The molecule has 0 aromatic carbocycles. The van der Waals surface area contributed by atoms with Crippen LogP contribution < -0.4 is 10.6 Å². The van der Waals surface area contributed by atoms with E-state index < -0.39 is 0 Å². The average molecular weight is 318 g/mol. The van der Waals surface area contributed by atoms with Crippen molar-refractivity contribution in [2.75, 3.05) is 17.7 Å². The molecule has 0 aliphatic carbocycles. The summed E-state index contributed by atoms with van der Waals surface area (Å²) in [6.45, 7) is 4.33. The van der Waals surface area contributed by atoms with Crippen molar-refractivity contribution in [3.63, 3.8) is 0 Å². The van der Waals surface area contributed by atoms with Gasteiger partial charge >= 0.3 is 0 Å². The standard InChI is InChI=1S/C15H18N4S2/c1-9(8-11-5-4-10(2)21-11)17-13-12-6-7-20-14(12)19-15(16-3)18-13/h4-7,9H,8H2,1-3H3,(H2,16,17,18,19). The first kappa shape index (κ1) is 14.3. The minimum absolute atomic E-state index is 0.325. The molecular weight excluding hydrogens is 300 g/mol. The van der Waals surface area contributed by atoms with Gasteiger partial charge in [-0.3, -0.25) is 0 Å². The normalized spacial score (nSPS) is 12.5. The summed E-state index contributed by atoms with van der Waals surface area (Å²) in [6, 6.07) is 6.78. The Morgan fingerprint density at radius 3 is 2.81 bits per heavy atom. The Morgan fingerprint density at radius 2 is 2.10 bits per heavy atom. The van der Waals surface area contributed by atoms with Crippen molar-refractivity contribution in [1.82, 2.24) is 9.97 Å². The SMILES string of the molecule is CNc1nc(NC(C)Cc2ccc(C)s2)c2ccsc2n1. The highest BCUT2D eigenvalue weighted by Crippen LogP contribution is 2.27. The van der Waals surface area contributed by atoms with E-state index >= 15 is 0 Å². The molecule has 0 aliphatic rings. The number of aromatic nitrogens is 2. The zero-order valence-corrected chi connectivity index (χ0v) is 13.9. The summed E-state index contributed by atoms with van der Waals surface area (Å²) < 4.78 is 0. The van der Waals surface area contributed by atoms with Crippen molar-refractivity contribution < 1.29 is 0 Å². The first-order chi connectivity index (χ1) is 10.2. The molecule has 1 atom stereocenters. The summed E-state index contributed by atoms with van der Waals surface area (Å²) in [7, 11) is 1.84. The number of hydrogen-bond donors (Lipinski definition) is 2. The molecule has 0 amide bonds. The predicted octanol–water partition coefficient (Wildman–Crippen LogP) is 4.15. The fraction of sp³-hybridized carbons (Fsp3) is 0.333. The molecule has 3 heterocycles. The average Bonchev–Trinajstić information content (AvgIpc) is 3.07. The van der Waals surface area contributed by atoms with E-state index in [2.05, 4.69) is 58.0 Å². The highest BCUT2D eigenvalue weighted by Gasteiger charge is 2.12. The number of aryl methyl sites for hydroxylation is 1. The Labute approximate surface area is 132 Å². The third-order valence-electron chi connectivity index (χ3n) is 3.24. The van der Waals surface area contributed by atoms with Crippen LogP contribution in [0.25, 0.3) is 10.2 Å². The molecule has 4 nitrogen and oxygen atoms in total. The topological polar surface area (TPSA) is 49.8 Å². The Hall–Kier alpha value is -1.66. The van der Waals surface area contributed by atoms with Gasteiger partial charge in [0.25, 0.3) is 0 Å². The number of hydrogen-bond acceptors (Lipinski definition) is 6. The summed E-state index contributed by atoms with van der Waals surface area (Å²) in [5, 5.41) is 9.69. The van der Waals surface area contributed by atoms with Gasteiger partial charge in [0.2, 0.25) is 5.95 Å². The molecular formula is C15H18N4S2. The van der Waals surface area contributed by atoms with Gasteiger partial charge in [0.05, 0.1) is 5.39 Å². The smallest absolute Gasteiger partial charge is 0.225 e. The van der Waals surface area contributed by atoms with Gasteiger partial charge in [0, 0.05) is 29.3 Å². The second kappa shape index (κ2) is 5.99. The van der Waals surface area contributed by atoms with Crippen LogP contribution in [-0.4, -0.2) is 23.1 Å². The number of rotatable bonds is 5. The molecule has 0 fully saturated rings. The number of nitrogens with zero attached hydrogens (tertiary/aromatic N) is 2. The maximum atomic E-state index is 4.56. The molecule has 21 heavy (non-hydrogen) atoms. The van der Waals surface area contributed by atoms with E-state index in [0.717, 1.165) is 22.5 Å². The van der Waals surface area contributed by atoms with Crippen molar-refractivity contribution in [2.45, 2.75) is 26.3 Å². The lowest BCUT2D eigenvalue weighted by molar-refractivity contribution is 0.796. The van der Waals surface area contributed by atoms with Crippen molar-refractivity contribution in [3.8, 4) is 0 Å². The summed E-state index contributed by atoms with van der Waals surface area (Å²) in [4.78, 5) is 12.8. The second-order valence-corrected chi connectivity index (χ2v) is 7.31. The van der Waals surface area contributed by atoms with Crippen LogP contribution in [-0.2, 0) is 6.42 Å². The largest absolute Gasteiger partial charge is 0.367 e. The summed E-state index contributed by atoms with van der Waals surface area (Å²) >= 11 is 3.49. The van der Waals surface area contributed by atoms with E-state index in [0.29, 0.717) is 12.0 Å². The highest BCUT2D eigenvalue weighted by molar-refractivity contribution is 7.16. The Kier molecular flexibility index (Phi) is 4.07. The molecule has 3 rings (SSSR count). The van der Waals surface area contributed by atoms with Gasteiger partial charge in [0.15, 0.2) is 0 Å². The van der Waals surface area contributed by atoms with Gasteiger partial charge in [-0.05, 0) is 37.4 Å². The van der Waals surface area contributed by atoms with Crippen molar-refractivity contribution in [1.29, 1.82) is 0 Å². The second-order valence-electron chi connectivity index (χ2n) is 5.05. The maximum absolute atomic E-state index is 4.56. The lowest BCUT2D eigenvalue weighted by Crippen LogP contribution is -2.19. The van der Waals surface area contributed by atoms with Crippen LogP contribution in [0.4, 0.5) is 11.8 Å². The molecule has 110 valence electrons. The fourth-order valence-electron chi connectivity index (χ4n) is 2.26. The molecule has 1 unspecified atom stereocenters. The van der Waals surface area contributed by atoms with E-state index in [4.69, 9.17) is 0 Å². The van der Waals surface area contributed by atoms with Crippen molar-refractivity contribution in [3.05, 3.63) is 33.3 Å². The molecule has 2 N–H and O–H groups in total. The molecule has 3 aromatic rings. The van der Waals surface area contributed by atoms with Crippen LogP contribution in [0.15, 0.2) is 23.6 Å². The van der Waals surface area contributed by atoms with Crippen LogP contribution in [0.2, 0.25) is 0 Å². The quantitative estimate of drug-likeness (QED) is 0.742. The zero-order valence-electron chi connectivity index (χ0n) is 12.3. The van der Waals surface area contributed by atoms with E-state index in [9.17, 15) is 0 Å². The van der Waals surface area contributed by atoms with Gasteiger partial charge in [-0.1, -0.05) is 0 Å². The molecule has 0 saturated heterocycles. The van der Waals surface area contributed by atoms with Crippen LogP contribution in [0.1, 0.15) is 16.7 Å². The molecule has 0 radical (unpaired) electrons. The minimum atomic E-state index is 0.325. The minimum Gasteiger partial charge on any atom is -0.367 e. The van der Waals surface area contributed by atoms with E-state index in [1.54, 1.807) is 11.3 Å². The Bertz CT molecular complexity index is 747. The summed E-state index contributed by atoms with van der Waals surface area (Å²) in [5.74, 6) is 1.57. The summed E-state index contributed by atoms with van der Waals surface area (Å²) in [5.41, 5.74) is 0. The van der Waals surface area contributed by atoms with Crippen molar-refractivity contribution >= 4 is 44.7 Å². The van der Waals surface area contributed by atoms with Gasteiger partial charge in [-0.25, -0.2) is 4.98 Å². The van der Waals surface area contributed by atoms with E-state index in [1.807, 2.05) is 18.4 Å². The monoisotopic (exact) mass is 318 g/mol. The van der Waals surface area contributed by atoms with Crippen LogP contribution in [0.5, 0.6) is 0 Å². The fourth-order valence-corrected chi connectivity index (χ4v) is 4.04. The van der Waals surface area contributed by atoms with Crippen LogP contribution in [0.3, 0.4) is 0 Å². The number of fused-ring (bicyclic) bond motifs is 1. The molecule has 3 aromatic heterocycles. The molecule has 0 aliphatic heterocycles. The van der Waals surface area contributed by atoms with Crippen LogP contribution in [0, 0.1) is 6.92 Å². The lowest BCUT2D eigenvalue weighted by atomic mass is 10.2. The number of anilines is 2. The van der Waals surface area contributed by atoms with Crippen molar-refractivity contribution in [2.24, 2.45) is 0 Å².